The predicted molar refractivity (Wildman–Crippen MR) is 71.9 cm³/mol. The van der Waals surface area contributed by atoms with Gasteiger partial charge in [-0.2, -0.15) is 5.26 Å². The van der Waals surface area contributed by atoms with E-state index >= 15 is 0 Å². The second-order valence-electron chi connectivity index (χ2n) is 4.62. The number of nitrogens with zero attached hydrogens (tertiary/aromatic N) is 2. The zero-order valence-corrected chi connectivity index (χ0v) is 10.7. The van der Waals surface area contributed by atoms with Crippen LogP contribution in [0.25, 0.3) is 0 Å². The van der Waals surface area contributed by atoms with Crippen LogP contribution in [0.4, 0.5) is 5.69 Å². The summed E-state index contributed by atoms with van der Waals surface area (Å²) >= 11 is 0. The Labute approximate surface area is 104 Å². The maximum atomic E-state index is 8.90. The van der Waals surface area contributed by atoms with E-state index in [1.807, 2.05) is 24.3 Å². The molecule has 0 aliphatic heterocycles. The van der Waals surface area contributed by atoms with Crippen molar-refractivity contribution in [3.8, 4) is 6.07 Å². The van der Waals surface area contributed by atoms with E-state index in [9.17, 15) is 0 Å². The Morgan fingerprint density at radius 2 is 2.12 bits per heavy atom. The molecule has 1 rings (SSSR count). The Hall–Kier alpha value is -1.53. The molecule has 0 heterocycles. The van der Waals surface area contributed by atoms with Gasteiger partial charge in [0.2, 0.25) is 0 Å². The number of nitriles is 1. The monoisotopic (exact) mass is 231 g/mol. The molecule has 3 heteroatoms. The summed E-state index contributed by atoms with van der Waals surface area (Å²) in [5.41, 5.74) is 7.43. The third-order valence-electron chi connectivity index (χ3n) is 2.72. The normalized spacial score (nSPS) is 10.3. The molecule has 0 atom stereocenters. The van der Waals surface area contributed by atoms with E-state index in [1.165, 1.54) is 0 Å². The van der Waals surface area contributed by atoms with Crippen LogP contribution in [0, 0.1) is 17.2 Å². The fourth-order valence-corrected chi connectivity index (χ4v) is 1.71. The summed E-state index contributed by atoms with van der Waals surface area (Å²) in [6.07, 6.45) is 1.14. The lowest BCUT2D eigenvalue weighted by molar-refractivity contribution is 0.573. The summed E-state index contributed by atoms with van der Waals surface area (Å²) in [5.74, 6) is 0.675. The Bertz CT molecular complexity index is 379. The van der Waals surface area contributed by atoms with Crippen molar-refractivity contribution in [1.29, 1.82) is 5.26 Å². The average molecular weight is 231 g/mol. The molecular weight excluding hydrogens is 210 g/mol. The second-order valence-corrected chi connectivity index (χ2v) is 4.62. The van der Waals surface area contributed by atoms with Gasteiger partial charge in [0.25, 0.3) is 0 Å². The first-order chi connectivity index (χ1) is 8.17. The van der Waals surface area contributed by atoms with Gasteiger partial charge in [0, 0.05) is 25.3 Å². The Morgan fingerprint density at radius 1 is 1.35 bits per heavy atom. The van der Waals surface area contributed by atoms with Gasteiger partial charge in [-0.25, -0.2) is 0 Å². The molecular formula is C14H21N3. The minimum atomic E-state index is 0.634. The van der Waals surface area contributed by atoms with E-state index in [2.05, 4.69) is 24.8 Å². The molecule has 0 unspecified atom stereocenters. The van der Waals surface area contributed by atoms with Gasteiger partial charge >= 0.3 is 0 Å². The molecule has 3 nitrogen and oxygen atoms in total. The summed E-state index contributed by atoms with van der Waals surface area (Å²) in [5, 5.41) is 8.90. The zero-order valence-electron chi connectivity index (χ0n) is 10.7. The van der Waals surface area contributed by atoms with Crippen molar-refractivity contribution in [3.63, 3.8) is 0 Å². The lowest BCUT2D eigenvalue weighted by Crippen LogP contribution is -2.31. The molecule has 1 aromatic rings. The highest BCUT2D eigenvalue weighted by molar-refractivity contribution is 5.51. The first kappa shape index (κ1) is 13.5. The average Bonchev–Trinajstić information content (AvgIpc) is 2.34. The van der Waals surface area contributed by atoms with E-state index in [4.69, 9.17) is 11.0 Å². The molecule has 2 N–H and O–H groups in total. The van der Waals surface area contributed by atoms with Crippen LogP contribution in [0.3, 0.4) is 0 Å². The number of anilines is 1. The van der Waals surface area contributed by atoms with E-state index < -0.39 is 0 Å². The van der Waals surface area contributed by atoms with Crippen LogP contribution in [0.1, 0.15) is 25.8 Å². The Morgan fingerprint density at radius 3 is 2.71 bits per heavy atom. The van der Waals surface area contributed by atoms with Crippen LogP contribution in [-0.4, -0.2) is 19.6 Å². The van der Waals surface area contributed by atoms with Gasteiger partial charge in [0.15, 0.2) is 0 Å². The highest BCUT2D eigenvalue weighted by atomic mass is 15.1. The van der Waals surface area contributed by atoms with Gasteiger partial charge in [-0.1, -0.05) is 19.9 Å². The molecule has 0 bridgehead atoms. The van der Waals surface area contributed by atoms with Gasteiger partial charge < -0.3 is 10.6 Å². The fourth-order valence-electron chi connectivity index (χ4n) is 1.71. The summed E-state index contributed by atoms with van der Waals surface area (Å²) < 4.78 is 0. The maximum Gasteiger partial charge on any atom is 0.0992 e. The number of benzene rings is 1. The largest absolute Gasteiger partial charge is 0.370 e. The molecule has 0 aliphatic carbocycles. The number of rotatable bonds is 6. The fraction of sp³-hybridized carbons (Fsp3) is 0.500. The molecule has 0 saturated carbocycles. The van der Waals surface area contributed by atoms with E-state index in [0.717, 1.165) is 25.2 Å². The minimum Gasteiger partial charge on any atom is -0.370 e. The van der Waals surface area contributed by atoms with Crippen LogP contribution in [0.15, 0.2) is 24.3 Å². The maximum absolute atomic E-state index is 8.90. The number of nitrogens with two attached hydrogens (primary N) is 1. The van der Waals surface area contributed by atoms with Crippen LogP contribution < -0.4 is 10.6 Å². The van der Waals surface area contributed by atoms with Crippen molar-refractivity contribution in [3.05, 3.63) is 29.8 Å². The SMILES string of the molecule is CC(C)CCN(CCN)c1cccc(C#N)c1. The summed E-state index contributed by atoms with van der Waals surface area (Å²) in [7, 11) is 0. The highest BCUT2D eigenvalue weighted by Crippen LogP contribution is 2.17. The Balaban J connectivity index is 2.77. The topological polar surface area (TPSA) is 53.0 Å². The van der Waals surface area contributed by atoms with Crippen molar-refractivity contribution in [2.45, 2.75) is 20.3 Å². The van der Waals surface area contributed by atoms with Gasteiger partial charge in [0.1, 0.15) is 0 Å². The van der Waals surface area contributed by atoms with Gasteiger partial charge in [0.05, 0.1) is 11.6 Å². The van der Waals surface area contributed by atoms with Crippen molar-refractivity contribution >= 4 is 5.69 Å². The van der Waals surface area contributed by atoms with Gasteiger partial charge in [-0.3, -0.25) is 0 Å². The summed E-state index contributed by atoms with van der Waals surface area (Å²) in [6, 6.07) is 9.89. The van der Waals surface area contributed by atoms with Crippen LogP contribution in [0.5, 0.6) is 0 Å². The van der Waals surface area contributed by atoms with E-state index in [0.29, 0.717) is 18.0 Å². The molecule has 0 amide bonds. The predicted octanol–water partition coefficient (Wildman–Crippen LogP) is 2.37. The Kier molecular flexibility index (Phi) is 5.51. The first-order valence-corrected chi connectivity index (χ1v) is 6.12. The molecule has 1 aromatic carbocycles. The molecule has 0 aliphatic rings. The third-order valence-corrected chi connectivity index (χ3v) is 2.72. The molecule has 0 saturated heterocycles. The molecule has 92 valence electrons. The van der Waals surface area contributed by atoms with Crippen molar-refractivity contribution in [2.24, 2.45) is 11.7 Å². The van der Waals surface area contributed by atoms with Crippen molar-refractivity contribution < 1.29 is 0 Å². The zero-order chi connectivity index (χ0) is 12.7. The van der Waals surface area contributed by atoms with Crippen LogP contribution in [0.2, 0.25) is 0 Å². The van der Waals surface area contributed by atoms with Gasteiger partial charge in [-0.05, 0) is 30.5 Å². The second kappa shape index (κ2) is 6.93. The van der Waals surface area contributed by atoms with Crippen LogP contribution >= 0.6 is 0 Å². The summed E-state index contributed by atoms with van der Waals surface area (Å²) in [4.78, 5) is 2.25. The number of hydrogen-bond donors (Lipinski definition) is 1. The standard InChI is InChI=1S/C14H21N3/c1-12(2)6-8-17(9-7-15)14-5-3-4-13(10-14)11-16/h3-5,10,12H,6-9,15H2,1-2H3. The number of hydrogen-bond acceptors (Lipinski definition) is 3. The first-order valence-electron chi connectivity index (χ1n) is 6.12. The smallest absolute Gasteiger partial charge is 0.0992 e. The molecule has 0 spiro atoms. The lowest BCUT2D eigenvalue weighted by Gasteiger charge is -2.25. The quantitative estimate of drug-likeness (QED) is 0.817. The molecule has 0 fully saturated rings. The molecule has 0 aromatic heterocycles. The van der Waals surface area contributed by atoms with Crippen LogP contribution in [-0.2, 0) is 0 Å². The van der Waals surface area contributed by atoms with E-state index in [1.54, 1.807) is 0 Å². The molecule has 0 radical (unpaired) electrons. The van der Waals surface area contributed by atoms with Gasteiger partial charge in [-0.15, -0.1) is 0 Å². The third kappa shape index (κ3) is 4.46. The minimum absolute atomic E-state index is 0.634. The van der Waals surface area contributed by atoms with Crippen molar-refractivity contribution in [2.75, 3.05) is 24.5 Å². The van der Waals surface area contributed by atoms with E-state index in [-0.39, 0.29) is 0 Å². The lowest BCUT2D eigenvalue weighted by atomic mass is 10.1. The summed E-state index contributed by atoms with van der Waals surface area (Å²) in [6.45, 7) is 6.89. The van der Waals surface area contributed by atoms with Crippen molar-refractivity contribution in [1.82, 2.24) is 0 Å². The molecule has 17 heavy (non-hydrogen) atoms. The highest BCUT2D eigenvalue weighted by Gasteiger charge is 2.07.